The van der Waals surface area contributed by atoms with E-state index in [0.29, 0.717) is 24.6 Å². The van der Waals surface area contributed by atoms with Gasteiger partial charge in [0.2, 0.25) is 5.82 Å². The van der Waals surface area contributed by atoms with Crippen LogP contribution in [-0.2, 0) is 11.3 Å². The fraction of sp³-hybridized carbons (Fsp3) is 0.185. The number of para-hydroxylation sites is 1. The van der Waals surface area contributed by atoms with Crippen LogP contribution in [0.3, 0.4) is 0 Å². The number of hydrazine groups is 1. The summed E-state index contributed by atoms with van der Waals surface area (Å²) in [7, 11) is 0. The van der Waals surface area contributed by atoms with Gasteiger partial charge < -0.3 is 4.74 Å². The molecule has 2 amide bonds. The minimum absolute atomic E-state index is 0.0564. The maximum Gasteiger partial charge on any atom is 0.309 e. The van der Waals surface area contributed by atoms with Crippen LogP contribution in [0.2, 0.25) is 0 Å². The summed E-state index contributed by atoms with van der Waals surface area (Å²) < 4.78 is 7.00. The summed E-state index contributed by atoms with van der Waals surface area (Å²) in [6.07, 6.45) is 0. The zero-order valence-corrected chi connectivity index (χ0v) is 19.6. The molecule has 2 heterocycles. The Kier molecular flexibility index (Phi) is 7.11. The standard InChI is InChI=1S/C27H26N6O3/c34-26(22-11-7-8-20(18-22)19-32-14-16-36-17-15-32)29-30-27(35)24-28-25(21-9-3-1-4-10-21)33(31-24)23-12-5-2-6-13-23/h1-13,18H,14-17,19H2,(H,29,34)(H,30,35). The summed E-state index contributed by atoms with van der Waals surface area (Å²) in [5.41, 5.74) is 7.97. The van der Waals surface area contributed by atoms with Crippen LogP contribution in [-0.4, -0.2) is 57.8 Å². The largest absolute Gasteiger partial charge is 0.379 e. The van der Waals surface area contributed by atoms with Gasteiger partial charge >= 0.3 is 5.91 Å². The van der Waals surface area contributed by atoms with Crippen LogP contribution < -0.4 is 10.9 Å². The van der Waals surface area contributed by atoms with E-state index in [9.17, 15) is 9.59 Å². The molecule has 2 N–H and O–H groups in total. The zero-order chi connectivity index (χ0) is 24.7. The molecular formula is C27H26N6O3. The molecule has 0 radical (unpaired) electrons. The molecule has 0 saturated carbocycles. The fourth-order valence-electron chi connectivity index (χ4n) is 4.00. The summed E-state index contributed by atoms with van der Waals surface area (Å²) in [5, 5.41) is 4.41. The van der Waals surface area contributed by atoms with Gasteiger partial charge in [0.15, 0.2) is 5.82 Å². The number of morpholine rings is 1. The van der Waals surface area contributed by atoms with E-state index in [1.165, 1.54) is 0 Å². The Morgan fingerprint density at radius 1 is 0.833 bits per heavy atom. The molecule has 1 aliphatic rings. The fourth-order valence-corrected chi connectivity index (χ4v) is 4.00. The molecule has 4 aromatic rings. The third-order valence-electron chi connectivity index (χ3n) is 5.83. The molecule has 1 aromatic heterocycles. The van der Waals surface area contributed by atoms with Gasteiger partial charge in [-0.3, -0.25) is 25.3 Å². The summed E-state index contributed by atoms with van der Waals surface area (Å²) in [5.74, 6) is -0.564. The molecule has 9 heteroatoms. The zero-order valence-electron chi connectivity index (χ0n) is 19.6. The Morgan fingerprint density at radius 3 is 2.28 bits per heavy atom. The SMILES string of the molecule is O=C(NNC(=O)c1nc(-c2ccccc2)n(-c2ccccc2)n1)c1cccc(CN2CCOCC2)c1. The van der Waals surface area contributed by atoms with E-state index >= 15 is 0 Å². The second kappa shape index (κ2) is 10.9. The first-order valence-corrected chi connectivity index (χ1v) is 11.7. The van der Waals surface area contributed by atoms with Gasteiger partial charge in [-0.25, -0.2) is 9.67 Å². The van der Waals surface area contributed by atoms with Crippen LogP contribution in [0.25, 0.3) is 17.1 Å². The molecule has 9 nitrogen and oxygen atoms in total. The number of amides is 2. The molecule has 182 valence electrons. The van der Waals surface area contributed by atoms with Gasteiger partial charge in [-0.2, -0.15) is 0 Å². The number of carbonyl (C=O) groups excluding carboxylic acids is 2. The highest BCUT2D eigenvalue weighted by molar-refractivity contribution is 5.97. The maximum atomic E-state index is 12.9. The molecule has 5 rings (SSSR count). The maximum absolute atomic E-state index is 12.9. The molecule has 1 saturated heterocycles. The molecule has 0 spiro atoms. The molecule has 0 aliphatic carbocycles. The molecular weight excluding hydrogens is 456 g/mol. The number of nitrogens with one attached hydrogen (secondary N) is 2. The minimum Gasteiger partial charge on any atom is -0.379 e. The highest BCUT2D eigenvalue weighted by atomic mass is 16.5. The van der Waals surface area contributed by atoms with Crippen molar-refractivity contribution in [2.24, 2.45) is 0 Å². The van der Waals surface area contributed by atoms with Crippen molar-refractivity contribution in [2.75, 3.05) is 26.3 Å². The quantitative estimate of drug-likeness (QED) is 0.410. The van der Waals surface area contributed by atoms with Gasteiger partial charge in [0.1, 0.15) is 0 Å². The van der Waals surface area contributed by atoms with Crippen molar-refractivity contribution in [3.05, 3.63) is 102 Å². The number of hydrogen-bond acceptors (Lipinski definition) is 6. The average Bonchev–Trinajstić information content (AvgIpc) is 3.39. The number of benzene rings is 3. The Balaban J connectivity index is 1.29. The van der Waals surface area contributed by atoms with E-state index in [-0.39, 0.29) is 5.82 Å². The number of nitrogens with zero attached hydrogens (tertiary/aromatic N) is 4. The number of aromatic nitrogens is 3. The number of carbonyl (C=O) groups is 2. The van der Waals surface area contributed by atoms with Crippen molar-refractivity contribution in [1.82, 2.24) is 30.5 Å². The van der Waals surface area contributed by atoms with Crippen LogP contribution in [0.15, 0.2) is 84.9 Å². The van der Waals surface area contributed by atoms with E-state index in [4.69, 9.17) is 4.74 Å². The Morgan fingerprint density at radius 2 is 1.53 bits per heavy atom. The van der Waals surface area contributed by atoms with E-state index in [0.717, 1.165) is 36.4 Å². The molecule has 0 unspecified atom stereocenters. The second-order valence-electron chi connectivity index (χ2n) is 8.37. The average molecular weight is 483 g/mol. The normalized spacial score (nSPS) is 13.8. The first kappa shape index (κ1) is 23.4. The predicted octanol–water partition coefficient (Wildman–Crippen LogP) is 2.84. The van der Waals surface area contributed by atoms with Crippen LogP contribution in [0.5, 0.6) is 0 Å². The number of hydrogen-bond donors (Lipinski definition) is 2. The number of rotatable bonds is 6. The lowest BCUT2D eigenvalue weighted by molar-refractivity contribution is 0.0342. The molecule has 1 aliphatic heterocycles. The van der Waals surface area contributed by atoms with Crippen molar-refractivity contribution < 1.29 is 14.3 Å². The molecule has 0 atom stereocenters. The van der Waals surface area contributed by atoms with Crippen LogP contribution in [0, 0.1) is 0 Å². The highest BCUT2D eigenvalue weighted by Gasteiger charge is 2.19. The first-order valence-electron chi connectivity index (χ1n) is 11.7. The molecule has 3 aromatic carbocycles. The lowest BCUT2D eigenvalue weighted by Crippen LogP contribution is -2.42. The minimum atomic E-state index is -0.611. The van der Waals surface area contributed by atoms with Crippen LogP contribution in [0.1, 0.15) is 26.5 Å². The summed E-state index contributed by atoms with van der Waals surface area (Å²) in [6.45, 7) is 3.89. The van der Waals surface area contributed by atoms with Crippen molar-refractivity contribution in [2.45, 2.75) is 6.54 Å². The van der Waals surface area contributed by atoms with E-state index < -0.39 is 11.8 Å². The third kappa shape index (κ3) is 5.48. The van der Waals surface area contributed by atoms with Crippen molar-refractivity contribution in [3.63, 3.8) is 0 Å². The third-order valence-corrected chi connectivity index (χ3v) is 5.83. The van der Waals surface area contributed by atoms with Crippen molar-refractivity contribution in [3.8, 4) is 17.1 Å². The van der Waals surface area contributed by atoms with E-state index in [1.807, 2.05) is 78.9 Å². The monoisotopic (exact) mass is 482 g/mol. The van der Waals surface area contributed by atoms with Gasteiger partial charge in [-0.15, -0.1) is 5.10 Å². The van der Waals surface area contributed by atoms with Gasteiger partial charge in [0.25, 0.3) is 5.91 Å². The van der Waals surface area contributed by atoms with Gasteiger partial charge in [0.05, 0.1) is 18.9 Å². The Bertz CT molecular complexity index is 1280. The summed E-state index contributed by atoms with van der Waals surface area (Å²) >= 11 is 0. The van der Waals surface area contributed by atoms with Crippen LogP contribution >= 0.6 is 0 Å². The molecule has 0 bridgehead atoms. The molecule has 1 fully saturated rings. The topological polar surface area (TPSA) is 101 Å². The van der Waals surface area contributed by atoms with Gasteiger partial charge in [-0.1, -0.05) is 60.7 Å². The first-order chi connectivity index (χ1) is 17.7. The summed E-state index contributed by atoms with van der Waals surface area (Å²) in [4.78, 5) is 32.3. The highest BCUT2D eigenvalue weighted by Crippen LogP contribution is 2.21. The predicted molar refractivity (Wildman–Crippen MR) is 134 cm³/mol. The van der Waals surface area contributed by atoms with E-state index in [1.54, 1.807) is 10.7 Å². The summed E-state index contributed by atoms with van der Waals surface area (Å²) in [6, 6.07) is 26.3. The number of ether oxygens (including phenoxy) is 1. The Labute approximate surface area is 208 Å². The Hall–Kier alpha value is -4.34. The van der Waals surface area contributed by atoms with Crippen LogP contribution in [0.4, 0.5) is 0 Å². The van der Waals surface area contributed by atoms with Gasteiger partial charge in [-0.05, 0) is 29.8 Å². The lowest BCUT2D eigenvalue weighted by Gasteiger charge is -2.26. The van der Waals surface area contributed by atoms with E-state index in [2.05, 4.69) is 25.8 Å². The van der Waals surface area contributed by atoms with Crippen molar-refractivity contribution >= 4 is 11.8 Å². The van der Waals surface area contributed by atoms with Gasteiger partial charge in [0, 0.05) is 30.8 Å². The van der Waals surface area contributed by atoms with Crippen molar-refractivity contribution in [1.29, 1.82) is 0 Å². The second-order valence-corrected chi connectivity index (χ2v) is 8.37. The smallest absolute Gasteiger partial charge is 0.309 e. The molecule has 36 heavy (non-hydrogen) atoms. The lowest BCUT2D eigenvalue weighted by atomic mass is 10.1.